The summed E-state index contributed by atoms with van der Waals surface area (Å²) in [6, 6.07) is 9.77. The van der Waals surface area contributed by atoms with Crippen molar-refractivity contribution in [1.82, 2.24) is 15.3 Å². The first-order valence-electron chi connectivity index (χ1n) is 7.52. The minimum absolute atomic E-state index is 0.189. The summed E-state index contributed by atoms with van der Waals surface area (Å²) in [5.41, 5.74) is 2.65. The Morgan fingerprint density at radius 3 is 2.55 bits per heavy atom. The van der Waals surface area contributed by atoms with E-state index in [1.165, 1.54) is 5.56 Å². The molecule has 0 aliphatic carbocycles. The molecule has 0 spiro atoms. The SMILES string of the molecule is CCCNc1cc(C(=O)NCc2ccc(C)cc2)nc(C)n1. The van der Waals surface area contributed by atoms with Crippen molar-refractivity contribution >= 4 is 11.7 Å². The third kappa shape index (κ3) is 4.55. The quantitative estimate of drug-likeness (QED) is 0.860. The van der Waals surface area contributed by atoms with Gasteiger partial charge in [0.05, 0.1) is 0 Å². The van der Waals surface area contributed by atoms with Crippen LogP contribution in [0.25, 0.3) is 0 Å². The van der Waals surface area contributed by atoms with E-state index in [0.29, 0.717) is 23.9 Å². The van der Waals surface area contributed by atoms with Crippen LogP contribution in [0.3, 0.4) is 0 Å². The fourth-order valence-corrected chi connectivity index (χ4v) is 2.01. The van der Waals surface area contributed by atoms with Crippen molar-refractivity contribution in [3.05, 3.63) is 53.0 Å². The van der Waals surface area contributed by atoms with Gasteiger partial charge < -0.3 is 10.6 Å². The Labute approximate surface area is 131 Å². The number of hydrogen-bond acceptors (Lipinski definition) is 4. The molecule has 2 N–H and O–H groups in total. The molecule has 0 saturated heterocycles. The largest absolute Gasteiger partial charge is 0.370 e. The Balaban J connectivity index is 2.02. The highest BCUT2D eigenvalue weighted by Gasteiger charge is 2.10. The smallest absolute Gasteiger partial charge is 0.270 e. The van der Waals surface area contributed by atoms with Gasteiger partial charge in [-0.15, -0.1) is 0 Å². The molecule has 0 fully saturated rings. The Kier molecular flexibility index (Phi) is 5.47. The summed E-state index contributed by atoms with van der Waals surface area (Å²) in [6.45, 7) is 7.21. The first kappa shape index (κ1) is 15.9. The number of rotatable bonds is 6. The zero-order chi connectivity index (χ0) is 15.9. The van der Waals surface area contributed by atoms with Crippen molar-refractivity contribution in [2.45, 2.75) is 33.7 Å². The number of anilines is 1. The fourth-order valence-electron chi connectivity index (χ4n) is 2.01. The topological polar surface area (TPSA) is 66.9 Å². The van der Waals surface area contributed by atoms with E-state index in [0.717, 1.165) is 18.5 Å². The molecule has 5 nitrogen and oxygen atoms in total. The van der Waals surface area contributed by atoms with Crippen LogP contribution in [0.5, 0.6) is 0 Å². The highest BCUT2D eigenvalue weighted by Crippen LogP contribution is 2.08. The monoisotopic (exact) mass is 298 g/mol. The van der Waals surface area contributed by atoms with E-state index >= 15 is 0 Å². The van der Waals surface area contributed by atoms with E-state index < -0.39 is 0 Å². The lowest BCUT2D eigenvalue weighted by Crippen LogP contribution is -2.24. The van der Waals surface area contributed by atoms with Gasteiger partial charge in [-0.3, -0.25) is 4.79 Å². The Bertz CT molecular complexity index is 638. The minimum Gasteiger partial charge on any atom is -0.370 e. The molecule has 1 aromatic carbocycles. The number of carbonyl (C=O) groups is 1. The number of aromatic nitrogens is 2. The summed E-state index contributed by atoms with van der Waals surface area (Å²) in [5, 5.41) is 6.07. The van der Waals surface area contributed by atoms with Gasteiger partial charge in [-0.2, -0.15) is 0 Å². The average Bonchev–Trinajstić information content (AvgIpc) is 2.51. The molecule has 22 heavy (non-hydrogen) atoms. The van der Waals surface area contributed by atoms with E-state index in [9.17, 15) is 4.79 Å². The van der Waals surface area contributed by atoms with Gasteiger partial charge in [-0.05, 0) is 25.8 Å². The molecule has 1 amide bonds. The number of nitrogens with one attached hydrogen (secondary N) is 2. The lowest BCUT2D eigenvalue weighted by Gasteiger charge is -2.09. The van der Waals surface area contributed by atoms with E-state index in [-0.39, 0.29) is 5.91 Å². The van der Waals surface area contributed by atoms with Gasteiger partial charge in [0.1, 0.15) is 17.3 Å². The molecular weight excluding hydrogens is 276 g/mol. The van der Waals surface area contributed by atoms with Gasteiger partial charge in [0.25, 0.3) is 5.91 Å². The minimum atomic E-state index is -0.189. The molecule has 2 rings (SSSR count). The molecule has 0 atom stereocenters. The van der Waals surface area contributed by atoms with Crippen molar-refractivity contribution in [1.29, 1.82) is 0 Å². The highest BCUT2D eigenvalue weighted by molar-refractivity contribution is 5.92. The molecule has 1 heterocycles. The maximum Gasteiger partial charge on any atom is 0.270 e. The normalized spacial score (nSPS) is 10.3. The second-order valence-electron chi connectivity index (χ2n) is 5.28. The van der Waals surface area contributed by atoms with E-state index in [4.69, 9.17) is 0 Å². The van der Waals surface area contributed by atoms with Crippen LogP contribution in [0.4, 0.5) is 5.82 Å². The zero-order valence-corrected chi connectivity index (χ0v) is 13.3. The van der Waals surface area contributed by atoms with Crippen molar-refractivity contribution in [2.75, 3.05) is 11.9 Å². The second kappa shape index (κ2) is 7.54. The molecule has 0 saturated carbocycles. The van der Waals surface area contributed by atoms with Gasteiger partial charge in [0.2, 0.25) is 0 Å². The molecule has 0 radical (unpaired) electrons. The summed E-state index contributed by atoms with van der Waals surface area (Å²) < 4.78 is 0. The van der Waals surface area contributed by atoms with E-state index in [1.807, 2.05) is 31.2 Å². The maximum absolute atomic E-state index is 12.2. The zero-order valence-electron chi connectivity index (χ0n) is 13.3. The Morgan fingerprint density at radius 1 is 1.14 bits per heavy atom. The molecule has 2 aromatic rings. The summed E-state index contributed by atoms with van der Waals surface area (Å²) in [7, 11) is 0. The van der Waals surface area contributed by atoms with Gasteiger partial charge >= 0.3 is 0 Å². The molecular formula is C17H22N4O. The molecule has 1 aromatic heterocycles. The second-order valence-corrected chi connectivity index (χ2v) is 5.28. The number of aryl methyl sites for hydroxylation is 2. The van der Waals surface area contributed by atoms with Gasteiger partial charge in [-0.25, -0.2) is 9.97 Å². The molecule has 5 heteroatoms. The van der Waals surface area contributed by atoms with Crippen LogP contribution in [0.2, 0.25) is 0 Å². The predicted octanol–water partition coefficient (Wildman–Crippen LogP) is 2.85. The van der Waals surface area contributed by atoms with Crippen molar-refractivity contribution < 1.29 is 4.79 Å². The van der Waals surface area contributed by atoms with Crippen LogP contribution in [-0.2, 0) is 6.54 Å². The highest BCUT2D eigenvalue weighted by atomic mass is 16.1. The Hall–Kier alpha value is -2.43. The third-order valence-corrected chi connectivity index (χ3v) is 3.20. The summed E-state index contributed by atoms with van der Waals surface area (Å²) in [4.78, 5) is 20.7. The predicted molar refractivity (Wildman–Crippen MR) is 87.9 cm³/mol. The van der Waals surface area contributed by atoms with E-state index in [1.54, 1.807) is 13.0 Å². The molecule has 0 bridgehead atoms. The van der Waals surface area contributed by atoms with Crippen LogP contribution in [0, 0.1) is 13.8 Å². The van der Waals surface area contributed by atoms with Gasteiger partial charge in [0, 0.05) is 19.2 Å². The molecule has 0 aliphatic rings. The molecule has 0 aliphatic heterocycles. The number of amides is 1. The van der Waals surface area contributed by atoms with Crippen LogP contribution in [0.15, 0.2) is 30.3 Å². The van der Waals surface area contributed by atoms with Gasteiger partial charge in [0.15, 0.2) is 0 Å². The van der Waals surface area contributed by atoms with Crippen molar-refractivity contribution in [3.63, 3.8) is 0 Å². The van der Waals surface area contributed by atoms with Crippen molar-refractivity contribution in [3.8, 4) is 0 Å². The average molecular weight is 298 g/mol. The first-order valence-corrected chi connectivity index (χ1v) is 7.52. The lowest BCUT2D eigenvalue weighted by molar-refractivity contribution is 0.0945. The summed E-state index contributed by atoms with van der Waals surface area (Å²) in [6.07, 6.45) is 0.998. The number of benzene rings is 1. The number of nitrogens with zero attached hydrogens (tertiary/aromatic N) is 2. The Morgan fingerprint density at radius 2 is 1.86 bits per heavy atom. The fraction of sp³-hybridized carbons (Fsp3) is 0.353. The third-order valence-electron chi connectivity index (χ3n) is 3.20. The van der Waals surface area contributed by atoms with Crippen LogP contribution in [-0.4, -0.2) is 22.4 Å². The lowest BCUT2D eigenvalue weighted by atomic mass is 10.1. The number of hydrogen-bond donors (Lipinski definition) is 2. The van der Waals surface area contributed by atoms with Crippen LogP contribution >= 0.6 is 0 Å². The van der Waals surface area contributed by atoms with Crippen LogP contribution < -0.4 is 10.6 Å². The standard InChI is InChI=1S/C17H22N4O/c1-4-9-18-16-10-15(20-13(3)21-16)17(22)19-11-14-7-5-12(2)6-8-14/h5-8,10H,4,9,11H2,1-3H3,(H,19,22)(H,18,20,21). The molecule has 116 valence electrons. The van der Waals surface area contributed by atoms with E-state index in [2.05, 4.69) is 27.5 Å². The maximum atomic E-state index is 12.2. The number of carbonyl (C=O) groups excluding carboxylic acids is 1. The summed E-state index contributed by atoms with van der Waals surface area (Å²) in [5.74, 6) is 1.09. The van der Waals surface area contributed by atoms with Gasteiger partial charge in [-0.1, -0.05) is 36.8 Å². The van der Waals surface area contributed by atoms with Crippen LogP contribution in [0.1, 0.15) is 40.8 Å². The summed E-state index contributed by atoms with van der Waals surface area (Å²) >= 11 is 0. The first-order chi connectivity index (χ1) is 10.6. The van der Waals surface area contributed by atoms with Crippen molar-refractivity contribution in [2.24, 2.45) is 0 Å². The molecule has 0 unspecified atom stereocenters.